The minimum atomic E-state index is -0.446. The average molecular weight is 450 g/mol. The number of phenolic OH excluding ortho intramolecular Hbond substituents is 1. The van der Waals surface area contributed by atoms with Gasteiger partial charge in [-0.3, -0.25) is 0 Å². The van der Waals surface area contributed by atoms with Gasteiger partial charge < -0.3 is 25.8 Å². The number of urea groups is 1. The summed E-state index contributed by atoms with van der Waals surface area (Å²) in [6.45, 7) is 3.40. The number of anilines is 1. The zero-order chi connectivity index (χ0) is 21.3. The Bertz CT molecular complexity index is 934. The zero-order valence-corrected chi connectivity index (χ0v) is 18.3. The number of para-hydroxylation sites is 1. The van der Waals surface area contributed by atoms with Crippen LogP contribution < -0.4 is 11.1 Å². The first-order valence-corrected chi connectivity index (χ1v) is 10.4. The lowest BCUT2D eigenvalue weighted by Crippen LogP contribution is -2.45. The molecule has 0 saturated carbocycles. The molecular formula is C23H29ClFN3O3. The van der Waals surface area contributed by atoms with Crippen molar-refractivity contribution in [2.24, 2.45) is 11.7 Å². The molecule has 2 aliphatic rings. The van der Waals surface area contributed by atoms with Gasteiger partial charge in [0.05, 0.1) is 17.9 Å². The van der Waals surface area contributed by atoms with Crippen LogP contribution in [0.4, 0.5) is 14.9 Å². The number of likely N-dealkylation sites (tertiary alicyclic amines) is 1. The number of benzene rings is 2. The van der Waals surface area contributed by atoms with Gasteiger partial charge in [-0.15, -0.1) is 12.4 Å². The predicted molar refractivity (Wildman–Crippen MR) is 120 cm³/mol. The molecule has 2 aliphatic heterocycles. The highest BCUT2D eigenvalue weighted by Gasteiger charge is 2.36. The van der Waals surface area contributed by atoms with Crippen molar-refractivity contribution in [1.29, 1.82) is 0 Å². The number of aryl methyl sites for hydroxylation is 1. The van der Waals surface area contributed by atoms with Crippen molar-refractivity contribution in [1.82, 2.24) is 4.90 Å². The quantitative estimate of drug-likeness (QED) is 0.657. The van der Waals surface area contributed by atoms with Crippen LogP contribution >= 0.6 is 12.4 Å². The molecule has 2 amide bonds. The van der Waals surface area contributed by atoms with Crippen LogP contribution in [0.25, 0.3) is 0 Å². The molecule has 8 heteroatoms. The molecule has 0 spiro atoms. The minimum Gasteiger partial charge on any atom is -0.507 e. The summed E-state index contributed by atoms with van der Waals surface area (Å²) in [5.74, 6) is 0.156. The second kappa shape index (κ2) is 9.85. The summed E-state index contributed by atoms with van der Waals surface area (Å²) in [7, 11) is 0. The van der Waals surface area contributed by atoms with E-state index in [1.165, 1.54) is 6.07 Å². The minimum absolute atomic E-state index is 0. The molecule has 4 N–H and O–H groups in total. The van der Waals surface area contributed by atoms with Crippen LogP contribution in [0.3, 0.4) is 0 Å². The first-order chi connectivity index (χ1) is 14.5. The molecule has 0 radical (unpaired) electrons. The summed E-state index contributed by atoms with van der Waals surface area (Å²) in [5, 5.41) is 13.2. The Hall–Kier alpha value is -2.35. The number of rotatable bonds is 3. The van der Waals surface area contributed by atoms with Crippen molar-refractivity contribution in [2.45, 2.75) is 38.4 Å². The summed E-state index contributed by atoms with van der Waals surface area (Å²) >= 11 is 0. The standard InChI is InChI=1S/C23H28FN3O3.ClH/c1-14-6-7-16-17(22(14)28)12-20(30-21(16)13-25)15-8-10-27(11-9-15)23(29)26-19-5-3-2-4-18(19)24;/h2-7,15,20-21,28H,8-13,25H2,1H3,(H,26,29);1H/t20-,21-;/m0./s1. The highest BCUT2D eigenvalue weighted by molar-refractivity contribution is 5.89. The van der Waals surface area contributed by atoms with Crippen LogP contribution in [-0.4, -0.2) is 41.8 Å². The molecule has 2 heterocycles. The van der Waals surface area contributed by atoms with Crippen LogP contribution in [0, 0.1) is 18.7 Å². The molecule has 31 heavy (non-hydrogen) atoms. The summed E-state index contributed by atoms with van der Waals surface area (Å²) in [6, 6.07) is 9.75. The van der Waals surface area contributed by atoms with Crippen molar-refractivity contribution >= 4 is 24.1 Å². The number of ether oxygens (including phenoxy) is 1. The van der Waals surface area contributed by atoms with E-state index in [1.807, 2.05) is 19.1 Å². The smallest absolute Gasteiger partial charge is 0.321 e. The molecular weight excluding hydrogens is 421 g/mol. The molecule has 0 aliphatic carbocycles. The third kappa shape index (κ3) is 4.79. The first kappa shape index (κ1) is 23.3. The molecule has 2 aromatic carbocycles. The van der Waals surface area contributed by atoms with Crippen molar-refractivity contribution in [3.63, 3.8) is 0 Å². The summed E-state index contributed by atoms with van der Waals surface area (Å²) < 4.78 is 20.1. The molecule has 1 fully saturated rings. The SMILES string of the molecule is Cc1ccc2c(c1O)C[C@@H](C1CCN(C(=O)Nc3ccccc3F)CC1)O[C@H]2CN.Cl. The molecule has 168 valence electrons. The first-order valence-electron chi connectivity index (χ1n) is 10.4. The van der Waals surface area contributed by atoms with Gasteiger partial charge in [0, 0.05) is 31.6 Å². The lowest BCUT2D eigenvalue weighted by molar-refractivity contribution is -0.0624. The maximum atomic E-state index is 13.8. The molecule has 6 nitrogen and oxygen atoms in total. The normalized spacial score (nSPS) is 21.2. The van der Waals surface area contributed by atoms with Gasteiger partial charge in [0.25, 0.3) is 0 Å². The van der Waals surface area contributed by atoms with E-state index in [9.17, 15) is 14.3 Å². The van der Waals surface area contributed by atoms with E-state index in [-0.39, 0.29) is 42.3 Å². The molecule has 2 atom stereocenters. The van der Waals surface area contributed by atoms with Crippen LogP contribution in [0.1, 0.15) is 35.6 Å². The molecule has 1 saturated heterocycles. The third-order valence-electron chi connectivity index (χ3n) is 6.29. The van der Waals surface area contributed by atoms with Gasteiger partial charge in [-0.2, -0.15) is 0 Å². The van der Waals surface area contributed by atoms with E-state index in [2.05, 4.69) is 5.32 Å². The molecule has 4 rings (SSSR count). The summed E-state index contributed by atoms with van der Waals surface area (Å²) in [4.78, 5) is 14.2. The van der Waals surface area contributed by atoms with Crippen LogP contribution in [0.2, 0.25) is 0 Å². The Labute approximate surface area is 188 Å². The fraction of sp³-hybridized carbons (Fsp3) is 0.435. The Kier molecular flexibility index (Phi) is 7.41. The van der Waals surface area contributed by atoms with E-state index in [4.69, 9.17) is 10.5 Å². The number of piperidine rings is 1. The predicted octanol–water partition coefficient (Wildman–Crippen LogP) is 4.15. The maximum Gasteiger partial charge on any atom is 0.321 e. The summed E-state index contributed by atoms with van der Waals surface area (Å²) in [6.07, 6.45) is 1.94. The van der Waals surface area contributed by atoms with Crippen LogP contribution in [-0.2, 0) is 11.2 Å². The number of fused-ring (bicyclic) bond motifs is 1. The second-order valence-corrected chi connectivity index (χ2v) is 8.14. The number of phenols is 1. The monoisotopic (exact) mass is 449 g/mol. The van der Waals surface area contributed by atoms with Gasteiger partial charge in [0.1, 0.15) is 11.6 Å². The number of carbonyl (C=O) groups excluding carboxylic acids is 1. The zero-order valence-electron chi connectivity index (χ0n) is 17.5. The van der Waals surface area contributed by atoms with Gasteiger partial charge in [-0.25, -0.2) is 9.18 Å². The number of nitrogens with one attached hydrogen (secondary N) is 1. The maximum absolute atomic E-state index is 13.8. The van der Waals surface area contributed by atoms with Gasteiger partial charge in [0.2, 0.25) is 0 Å². The summed E-state index contributed by atoms with van der Waals surface area (Å²) in [5.41, 5.74) is 8.89. The number of aromatic hydroxyl groups is 1. The topological polar surface area (TPSA) is 87.8 Å². The van der Waals surface area contributed by atoms with Crippen molar-refractivity contribution in [3.05, 3.63) is 58.9 Å². The molecule has 0 aromatic heterocycles. The Morgan fingerprint density at radius 3 is 2.65 bits per heavy atom. The van der Waals surface area contributed by atoms with Crippen molar-refractivity contribution in [3.8, 4) is 5.75 Å². The van der Waals surface area contributed by atoms with E-state index in [1.54, 1.807) is 23.1 Å². The molecule has 0 unspecified atom stereocenters. The number of hydrogen-bond donors (Lipinski definition) is 3. The van der Waals surface area contributed by atoms with E-state index in [0.29, 0.717) is 31.8 Å². The number of nitrogens with two attached hydrogens (primary N) is 1. The molecule has 0 bridgehead atoms. The number of nitrogens with zero attached hydrogens (tertiary/aromatic N) is 1. The van der Waals surface area contributed by atoms with Gasteiger partial charge in [-0.05, 0) is 48.9 Å². The number of halogens is 2. The Balaban J connectivity index is 0.00000272. The van der Waals surface area contributed by atoms with Crippen molar-refractivity contribution in [2.75, 3.05) is 25.0 Å². The van der Waals surface area contributed by atoms with E-state index >= 15 is 0 Å². The second-order valence-electron chi connectivity index (χ2n) is 8.14. The number of hydrogen-bond acceptors (Lipinski definition) is 4. The molecule has 2 aromatic rings. The number of carbonyl (C=O) groups is 1. The van der Waals surface area contributed by atoms with Crippen molar-refractivity contribution < 1.29 is 19.0 Å². The Morgan fingerprint density at radius 1 is 1.26 bits per heavy atom. The fourth-order valence-corrected chi connectivity index (χ4v) is 4.51. The highest BCUT2D eigenvalue weighted by atomic mass is 35.5. The lowest BCUT2D eigenvalue weighted by atomic mass is 9.83. The third-order valence-corrected chi connectivity index (χ3v) is 6.29. The van der Waals surface area contributed by atoms with E-state index in [0.717, 1.165) is 29.5 Å². The van der Waals surface area contributed by atoms with Gasteiger partial charge >= 0.3 is 6.03 Å². The number of amides is 2. The fourth-order valence-electron chi connectivity index (χ4n) is 4.51. The Morgan fingerprint density at radius 2 is 1.97 bits per heavy atom. The van der Waals surface area contributed by atoms with Crippen LogP contribution in [0.15, 0.2) is 36.4 Å². The average Bonchev–Trinajstić information content (AvgIpc) is 2.77. The highest BCUT2D eigenvalue weighted by Crippen LogP contribution is 2.40. The van der Waals surface area contributed by atoms with E-state index < -0.39 is 5.82 Å². The largest absolute Gasteiger partial charge is 0.507 e. The van der Waals surface area contributed by atoms with Crippen LogP contribution in [0.5, 0.6) is 5.75 Å². The van der Waals surface area contributed by atoms with Gasteiger partial charge in [-0.1, -0.05) is 24.3 Å². The van der Waals surface area contributed by atoms with Gasteiger partial charge in [0.15, 0.2) is 0 Å². The lowest BCUT2D eigenvalue weighted by Gasteiger charge is -2.40.